The first kappa shape index (κ1) is 63.4. The van der Waals surface area contributed by atoms with Gasteiger partial charge in [-0.15, -0.1) is 0 Å². The summed E-state index contributed by atoms with van der Waals surface area (Å²) in [4.78, 5) is 38.1. The van der Waals surface area contributed by atoms with Gasteiger partial charge in [0.05, 0.1) is 0 Å². The highest BCUT2D eigenvalue weighted by molar-refractivity contribution is 5.71. The third-order valence-electron chi connectivity index (χ3n) is 13.5. The molecule has 0 spiro atoms. The minimum atomic E-state index is -0.761. The van der Waals surface area contributed by atoms with Crippen LogP contribution in [0.4, 0.5) is 0 Å². The first-order chi connectivity index (χ1) is 31.9. The lowest BCUT2D eigenvalue weighted by atomic mass is 10.0. The Kier molecular flexibility index (Phi) is 52.1. The fourth-order valence-corrected chi connectivity index (χ4v) is 9.10. The fraction of sp³-hybridized carbons (Fsp3) is 0.949. The van der Waals surface area contributed by atoms with Crippen LogP contribution < -0.4 is 0 Å². The maximum absolute atomic E-state index is 12.8. The van der Waals surface area contributed by atoms with Gasteiger partial charge in [0, 0.05) is 19.3 Å². The van der Waals surface area contributed by atoms with E-state index in [1.54, 1.807) is 0 Å². The molecule has 65 heavy (non-hydrogen) atoms. The van der Waals surface area contributed by atoms with Crippen LogP contribution in [0.5, 0.6) is 0 Å². The lowest BCUT2D eigenvalue weighted by Crippen LogP contribution is -2.30. The van der Waals surface area contributed by atoms with Gasteiger partial charge in [0.2, 0.25) is 0 Å². The molecule has 6 heteroatoms. The molecule has 0 aliphatic rings. The molecule has 0 saturated heterocycles. The van der Waals surface area contributed by atoms with E-state index in [1.165, 1.54) is 231 Å². The molecule has 0 aliphatic heterocycles. The van der Waals surface area contributed by atoms with Crippen LogP contribution in [0.2, 0.25) is 0 Å². The van der Waals surface area contributed by atoms with Crippen molar-refractivity contribution in [2.75, 3.05) is 13.2 Å². The van der Waals surface area contributed by atoms with Crippen molar-refractivity contribution in [1.82, 2.24) is 0 Å². The highest BCUT2D eigenvalue weighted by Gasteiger charge is 2.19. The first-order valence-corrected chi connectivity index (χ1v) is 29.4. The normalized spacial score (nSPS) is 12.0. The second-order valence-corrected chi connectivity index (χ2v) is 20.8. The highest BCUT2D eigenvalue weighted by Crippen LogP contribution is 2.18. The van der Waals surface area contributed by atoms with Crippen molar-refractivity contribution in [3.8, 4) is 0 Å². The zero-order valence-corrected chi connectivity index (χ0v) is 44.5. The van der Waals surface area contributed by atoms with E-state index >= 15 is 0 Å². The van der Waals surface area contributed by atoms with Crippen LogP contribution in [-0.4, -0.2) is 37.2 Å². The summed E-state index contributed by atoms with van der Waals surface area (Å²) in [5.41, 5.74) is 0. The van der Waals surface area contributed by atoms with Gasteiger partial charge in [-0.25, -0.2) is 0 Å². The van der Waals surface area contributed by atoms with E-state index < -0.39 is 6.10 Å². The number of carbonyl (C=O) groups is 3. The van der Waals surface area contributed by atoms with Crippen molar-refractivity contribution >= 4 is 17.9 Å². The summed E-state index contributed by atoms with van der Waals surface area (Å²) in [5, 5.41) is 0. The molecule has 0 aromatic rings. The van der Waals surface area contributed by atoms with Crippen LogP contribution in [0.25, 0.3) is 0 Å². The monoisotopic (exact) mass is 919 g/mol. The summed E-state index contributed by atoms with van der Waals surface area (Å²) in [7, 11) is 0. The van der Waals surface area contributed by atoms with Crippen molar-refractivity contribution in [3.05, 3.63) is 0 Å². The Balaban J connectivity index is 4.28. The quantitative estimate of drug-likeness (QED) is 0.0344. The number of rotatable bonds is 54. The van der Waals surface area contributed by atoms with Gasteiger partial charge in [0.15, 0.2) is 6.10 Å². The van der Waals surface area contributed by atoms with E-state index in [0.29, 0.717) is 19.3 Å². The first-order valence-electron chi connectivity index (χ1n) is 29.4. The van der Waals surface area contributed by atoms with E-state index in [-0.39, 0.29) is 31.1 Å². The molecule has 0 amide bonds. The second-order valence-electron chi connectivity index (χ2n) is 20.8. The molecule has 0 bridgehead atoms. The molecule has 386 valence electrons. The fourth-order valence-electron chi connectivity index (χ4n) is 9.10. The minimum Gasteiger partial charge on any atom is -0.462 e. The van der Waals surface area contributed by atoms with E-state index in [2.05, 4.69) is 27.7 Å². The highest BCUT2D eigenvalue weighted by atomic mass is 16.6. The van der Waals surface area contributed by atoms with Crippen molar-refractivity contribution < 1.29 is 28.6 Å². The van der Waals surface area contributed by atoms with Gasteiger partial charge in [-0.3, -0.25) is 14.4 Å². The summed E-state index contributed by atoms with van der Waals surface area (Å²) in [6.07, 6.45) is 58.0. The zero-order chi connectivity index (χ0) is 47.4. The molecule has 1 atom stereocenters. The van der Waals surface area contributed by atoms with Crippen LogP contribution in [0, 0.1) is 5.92 Å². The molecule has 6 nitrogen and oxygen atoms in total. The lowest BCUT2D eigenvalue weighted by molar-refractivity contribution is -0.167. The smallest absolute Gasteiger partial charge is 0.306 e. The number of esters is 3. The number of unbranched alkanes of at least 4 members (excludes halogenated alkanes) is 41. The summed E-state index contributed by atoms with van der Waals surface area (Å²) in [6, 6.07) is 0. The number of ether oxygens (including phenoxy) is 3. The Hall–Kier alpha value is -1.59. The van der Waals surface area contributed by atoms with Gasteiger partial charge < -0.3 is 14.2 Å². The topological polar surface area (TPSA) is 78.9 Å². The van der Waals surface area contributed by atoms with Gasteiger partial charge in [-0.2, -0.15) is 0 Å². The average Bonchev–Trinajstić information content (AvgIpc) is 3.29. The summed E-state index contributed by atoms with van der Waals surface area (Å²) >= 11 is 0. The molecule has 0 aromatic heterocycles. The van der Waals surface area contributed by atoms with Gasteiger partial charge in [-0.1, -0.05) is 297 Å². The molecule has 0 unspecified atom stereocenters. The predicted octanol–water partition coefficient (Wildman–Crippen LogP) is 19.4. The minimum absolute atomic E-state index is 0.0616. The molecular weight excluding hydrogens is 805 g/mol. The van der Waals surface area contributed by atoms with Crippen molar-refractivity contribution in [2.45, 2.75) is 342 Å². The molecule has 0 heterocycles. The van der Waals surface area contributed by atoms with Crippen LogP contribution in [-0.2, 0) is 28.6 Å². The maximum atomic E-state index is 12.8. The van der Waals surface area contributed by atoms with Crippen molar-refractivity contribution in [2.24, 2.45) is 5.92 Å². The molecule has 0 aliphatic carbocycles. The van der Waals surface area contributed by atoms with Crippen molar-refractivity contribution in [1.29, 1.82) is 0 Å². The number of hydrogen-bond acceptors (Lipinski definition) is 6. The third kappa shape index (κ3) is 53.2. The van der Waals surface area contributed by atoms with Crippen LogP contribution in [0.15, 0.2) is 0 Å². The van der Waals surface area contributed by atoms with Gasteiger partial charge >= 0.3 is 17.9 Å². The lowest BCUT2D eigenvalue weighted by Gasteiger charge is -2.18. The second kappa shape index (κ2) is 53.4. The standard InChI is InChI=1S/C59H114O6/c1-5-7-9-11-13-15-17-19-22-27-30-34-38-42-46-50-57(60)63-53-56(65-59(62)52-48-44-40-36-32-26-20-18-16-14-12-10-8-6-2)54-64-58(61)51-47-43-39-35-31-28-24-21-23-25-29-33-37-41-45-49-55(3)4/h55-56H,5-54H2,1-4H3/t56-/m1/s1. The Morgan fingerprint density at radius 1 is 0.292 bits per heavy atom. The molecule has 0 radical (unpaired) electrons. The SMILES string of the molecule is CCCCCCCCCCCCCCCCCC(=O)OC[C@H](COC(=O)CCCCCCCCCCCCCCCCCC(C)C)OC(=O)CCCCCCCCCCCCCCCC. The zero-order valence-electron chi connectivity index (χ0n) is 44.5. The Morgan fingerprint density at radius 2 is 0.508 bits per heavy atom. The van der Waals surface area contributed by atoms with E-state index in [9.17, 15) is 14.4 Å². The van der Waals surface area contributed by atoms with E-state index in [0.717, 1.165) is 63.7 Å². The molecule has 0 N–H and O–H groups in total. The summed E-state index contributed by atoms with van der Waals surface area (Å²) in [5.74, 6) is 0.0159. The van der Waals surface area contributed by atoms with E-state index in [4.69, 9.17) is 14.2 Å². The molecule has 0 rings (SSSR count). The van der Waals surface area contributed by atoms with Crippen LogP contribution in [0.1, 0.15) is 336 Å². The largest absolute Gasteiger partial charge is 0.462 e. The molecular formula is C59H114O6. The predicted molar refractivity (Wildman–Crippen MR) is 280 cm³/mol. The van der Waals surface area contributed by atoms with E-state index in [1.807, 2.05) is 0 Å². The summed E-state index contributed by atoms with van der Waals surface area (Å²) in [6.45, 7) is 9.07. The van der Waals surface area contributed by atoms with Crippen molar-refractivity contribution in [3.63, 3.8) is 0 Å². The average molecular weight is 920 g/mol. The summed E-state index contributed by atoms with van der Waals surface area (Å²) < 4.78 is 16.9. The van der Waals surface area contributed by atoms with Crippen LogP contribution in [0.3, 0.4) is 0 Å². The molecule has 0 fully saturated rings. The Morgan fingerprint density at radius 3 is 0.754 bits per heavy atom. The van der Waals surface area contributed by atoms with Gasteiger partial charge in [0.1, 0.15) is 13.2 Å². The third-order valence-corrected chi connectivity index (χ3v) is 13.5. The van der Waals surface area contributed by atoms with Gasteiger partial charge in [0.25, 0.3) is 0 Å². The number of carbonyl (C=O) groups excluding carboxylic acids is 3. The maximum Gasteiger partial charge on any atom is 0.306 e. The molecule has 0 aromatic carbocycles. The Bertz CT molecular complexity index is 980. The molecule has 0 saturated carbocycles. The Labute approximate surface area is 406 Å². The number of hydrogen-bond donors (Lipinski definition) is 0. The van der Waals surface area contributed by atoms with Gasteiger partial charge in [-0.05, 0) is 25.2 Å². The van der Waals surface area contributed by atoms with Crippen LogP contribution >= 0.6 is 0 Å².